The number of esters is 1. The number of carbonyl (C=O) groups excluding carboxylic acids is 3. The Morgan fingerprint density at radius 3 is 1.90 bits per heavy atom. The number of para-hydroxylation sites is 1. The number of aliphatic hydroxyl groups excluding tert-OH is 1. The van der Waals surface area contributed by atoms with Crippen molar-refractivity contribution in [1.82, 2.24) is 0 Å². The summed E-state index contributed by atoms with van der Waals surface area (Å²) in [5.74, 6) is -1.02. The minimum atomic E-state index is -0.455. The number of imide groups is 1. The van der Waals surface area contributed by atoms with Crippen molar-refractivity contribution in [2.24, 2.45) is 0 Å². The Bertz CT molecular complexity index is 870. The molecule has 0 bridgehead atoms. The van der Waals surface area contributed by atoms with Crippen molar-refractivity contribution in [3.05, 3.63) is 97.1 Å². The summed E-state index contributed by atoms with van der Waals surface area (Å²) in [4.78, 5) is 34.0. The number of anilines is 1. The Morgan fingerprint density at radius 2 is 1.50 bits per heavy atom. The fraction of sp³-hybridized carbons (Fsp3) is 0.125. The SMILES string of the molecule is C=C(C)C(=O)OCCO.C=Cc1ccccc1.O=C1C=CC(=O)N1c1ccccc1. The lowest BCUT2D eigenvalue weighted by molar-refractivity contribution is -0.139. The number of hydrogen-bond donors (Lipinski definition) is 1. The van der Waals surface area contributed by atoms with Crippen LogP contribution in [0.3, 0.4) is 0 Å². The monoisotopic (exact) mass is 407 g/mol. The first-order chi connectivity index (χ1) is 14.4. The second-order valence-electron chi connectivity index (χ2n) is 5.94. The van der Waals surface area contributed by atoms with Gasteiger partial charge in [-0.1, -0.05) is 67.8 Å². The van der Waals surface area contributed by atoms with Crippen LogP contribution >= 0.6 is 0 Å². The van der Waals surface area contributed by atoms with Crippen molar-refractivity contribution in [1.29, 1.82) is 0 Å². The van der Waals surface area contributed by atoms with Crippen molar-refractivity contribution in [3.8, 4) is 0 Å². The number of carbonyl (C=O) groups is 3. The molecule has 30 heavy (non-hydrogen) atoms. The molecule has 6 heteroatoms. The maximum Gasteiger partial charge on any atom is 0.333 e. The van der Waals surface area contributed by atoms with Crippen LogP contribution in [-0.2, 0) is 19.1 Å². The van der Waals surface area contributed by atoms with Gasteiger partial charge in [-0.2, -0.15) is 0 Å². The molecular formula is C24H25NO5. The Labute approximate surface area is 176 Å². The number of nitrogens with zero attached hydrogens (tertiary/aromatic N) is 1. The quantitative estimate of drug-likeness (QED) is 0.466. The van der Waals surface area contributed by atoms with Gasteiger partial charge in [0.2, 0.25) is 0 Å². The highest BCUT2D eigenvalue weighted by Gasteiger charge is 2.24. The lowest BCUT2D eigenvalue weighted by atomic mass is 10.2. The summed E-state index contributed by atoms with van der Waals surface area (Å²) in [5.41, 5.74) is 2.14. The molecule has 1 heterocycles. The molecule has 0 aliphatic carbocycles. The van der Waals surface area contributed by atoms with E-state index in [4.69, 9.17) is 5.11 Å². The smallest absolute Gasteiger partial charge is 0.333 e. The van der Waals surface area contributed by atoms with E-state index in [1.165, 1.54) is 17.7 Å². The molecule has 0 radical (unpaired) electrons. The van der Waals surface area contributed by atoms with Crippen molar-refractivity contribution in [2.45, 2.75) is 6.92 Å². The highest BCUT2D eigenvalue weighted by molar-refractivity contribution is 6.28. The highest BCUT2D eigenvalue weighted by atomic mass is 16.5. The van der Waals surface area contributed by atoms with Crippen LogP contribution in [0.2, 0.25) is 0 Å². The van der Waals surface area contributed by atoms with Gasteiger partial charge in [-0.15, -0.1) is 0 Å². The zero-order valence-electron chi connectivity index (χ0n) is 16.9. The number of aliphatic hydroxyl groups is 1. The first kappa shape index (κ1) is 24.3. The lowest BCUT2D eigenvalue weighted by Crippen LogP contribution is -2.29. The van der Waals surface area contributed by atoms with Gasteiger partial charge in [-0.25, -0.2) is 9.69 Å². The Hall–Kier alpha value is -3.77. The summed E-state index contributed by atoms with van der Waals surface area (Å²) in [6.07, 6.45) is 4.38. The summed E-state index contributed by atoms with van der Waals surface area (Å²) >= 11 is 0. The largest absolute Gasteiger partial charge is 0.460 e. The molecule has 1 aliphatic heterocycles. The summed E-state index contributed by atoms with van der Waals surface area (Å²) in [6, 6.07) is 18.9. The fourth-order valence-corrected chi connectivity index (χ4v) is 2.08. The molecular weight excluding hydrogens is 382 g/mol. The number of ether oxygens (including phenoxy) is 1. The van der Waals surface area contributed by atoms with E-state index >= 15 is 0 Å². The van der Waals surface area contributed by atoms with Gasteiger partial charge in [0.1, 0.15) is 6.61 Å². The number of hydrogen-bond acceptors (Lipinski definition) is 5. The van der Waals surface area contributed by atoms with E-state index in [0.29, 0.717) is 11.3 Å². The van der Waals surface area contributed by atoms with Crippen LogP contribution in [0.25, 0.3) is 6.08 Å². The van der Waals surface area contributed by atoms with Gasteiger partial charge < -0.3 is 9.84 Å². The maximum atomic E-state index is 11.2. The van der Waals surface area contributed by atoms with E-state index in [1.807, 2.05) is 42.5 Å². The van der Waals surface area contributed by atoms with Crippen LogP contribution < -0.4 is 4.90 Å². The minimum Gasteiger partial charge on any atom is -0.460 e. The van der Waals surface area contributed by atoms with Crippen LogP contribution in [0.15, 0.2) is 91.5 Å². The van der Waals surface area contributed by atoms with E-state index in [-0.39, 0.29) is 25.0 Å². The molecule has 0 spiro atoms. The molecule has 2 aromatic carbocycles. The molecule has 2 aromatic rings. The second-order valence-corrected chi connectivity index (χ2v) is 5.94. The van der Waals surface area contributed by atoms with E-state index in [9.17, 15) is 14.4 Å². The Morgan fingerprint density at radius 1 is 1.00 bits per heavy atom. The topological polar surface area (TPSA) is 83.9 Å². The Balaban J connectivity index is 0.000000235. The molecule has 0 aromatic heterocycles. The van der Waals surface area contributed by atoms with Gasteiger partial charge in [0, 0.05) is 17.7 Å². The molecule has 0 unspecified atom stereocenters. The van der Waals surface area contributed by atoms with Gasteiger partial charge in [-0.05, 0) is 24.6 Å². The summed E-state index contributed by atoms with van der Waals surface area (Å²) in [7, 11) is 0. The number of benzene rings is 2. The summed E-state index contributed by atoms with van der Waals surface area (Å²) < 4.78 is 4.46. The molecule has 6 nitrogen and oxygen atoms in total. The molecule has 0 atom stereocenters. The Kier molecular flexibility index (Phi) is 10.9. The second kappa shape index (κ2) is 13.4. The standard InChI is InChI=1S/C10H7NO2.C8H8.C6H10O3/c12-9-6-7-10(13)11(9)8-4-2-1-3-5-8;1-2-8-6-4-3-5-7-8;1-5(2)6(8)9-4-3-7/h1-7H;2-7H,1H2;7H,1,3-4H2,2H3. The van der Waals surface area contributed by atoms with E-state index in [0.717, 1.165) is 4.90 Å². The third kappa shape index (κ3) is 8.50. The normalized spacial score (nSPS) is 11.6. The summed E-state index contributed by atoms with van der Waals surface area (Å²) in [5, 5.41) is 8.19. The molecule has 2 amide bonds. The first-order valence-corrected chi connectivity index (χ1v) is 9.12. The maximum absolute atomic E-state index is 11.2. The van der Waals surface area contributed by atoms with Gasteiger partial charge in [-0.3, -0.25) is 9.59 Å². The third-order valence-electron chi connectivity index (χ3n) is 3.53. The predicted molar refractivity (Wildman–Crippen MR) is 117 cm³/mol. The van der Waals surface area contributed by atoms with Crippen molar-refractivity contribution in [3.63, 3.8) is 0 Å². The molecule has 0 saturated carbocycles. The highest BCUT2D eigenvalue weighted by Crippen LogP contribution is 2.17. The van der Waals surface area contributed by atoms with E-state index in [2.05, 4.69) is 17.9 Å². The van der Waals surface area contributed by atoms with Crippen LogP contribution in [0.4, 0.5) is 5.69 Å². The molecule has 3 rings (SSSR count). The molecule has 0 saturated heterocycles. The van der Waals surface area contributed by atoms with Crippen molar-refractivity contribution >= 4 is 29.5 Å². The van der Waals surface area contributed by atoms with E-state index in [1.54, 1.807) is 31.2 Å². The predicted octanol–water partition coefficient (Wildman–Crippen LogP) is 3.54. The fourth-order valence-electron chi connectivity index (χ4n) is 2.08. The van der Waals surface area contributed by atoms with Gasteiger partial charge in [0.25, 0.3) is 11.8 Å². The summed E-state index contributed by atoms with van der Waals surface area (Å²) in [6.45, 7) is 8.45. The van der Waals surface area contributed by atoms with Crippen LogP contribution in [0.1, 0.15) is 12.5 Å². The zero-order valence-corrected chi connectivity index (χ0v) is 16.9. The molecule has 1 aliphatic rings. The van der Waals surface area contributed by atoms with Crippen LogP contribution in [0, 0.1) is 0 Å². The van der Waals surface area contributed by atoms with Gasteiger partial charge in [0.15, 0.2) is 0 Å². The molecule has 156 valence electrons. The first-order valence-electron chi connectivity index (χ1n) is 9.12. The average molecular weight is 407 g/mol. The van der Waals surface area contributed by atoms with Crippen molar-refractivity contribution < 1.29 is 24.2 Å². The van der Waals surface area contributed by atoms with Gasteiger partial charge >= 0.3 is 5.97 Å². The average Bonchev–Trinajstić information content (AvgIpc) is 3.12. The number of amides is 2. The number of rotatable bonds is 5. The minimum absolute atomic E-state index is 0.0473. The van der Waals surface area contributed by atoms with Crippen LogP contribution in [0.5, 0.6) is 0 Å². The van der Waals surface area contributed by atoms with E-state index < -0.39 is 5.97 Å². The van der Waals surface area contributed by atoms with Crippen molar-refractivity contribution in [2.75, 3.05) is 18.1 Å². The zero-order chi connectivity index (χ0) is 22.4. The third-order valence-corrected chi connectivity index (χ3v) is 3.53. The lowest BCUT2D eigenvalue weighted by Gasteiger charge is -2.12. The van der Waals surface area contributed by atoms with Crippen LogP contribution in [-0.4, -0.2) is 36.1 Å². The van der Waals surface area contributed by atoms with Gasteiger partial charge in [0.05, 0.1) is 12.3 Å². The molecule has 1 N–H and O–H groups in total. The molecule has 0 fully saturated rings.